The van der Waals surface area contributed by atoms with Gasteiger partial charge in [0.15, 0.2) is 5.96 Å². The Balaban J connectivity index is 1.92. The van der Waals surface area contributed by atoms with Crippen LogP contribution in [-0.4, -0.2) is 54.1 Å². The van der Waals surface area contributed by atoms with Gasteiger partial charge in [-0.15, -0.1) is 10.2 Å². The van der Waals surface area contributed by atoms with Crippen LogP contribution in [0.3, 0.4) is 0 Å². The monoisotopic (exact) mass is 374 g/mol. The minimum absolute atomic E-state index is 0.629. The molecule has 2 rings (SSSR count). The van der Waals surface area contributed by atoms with Crippen molar-refractivity contribution in [2.24, 2.45) is 4.99 Å². The van der Waals surface area contributed by atoms with E-state index in [1.807, 2.05) is 35.8 Å². The minimum atomic E-state index is 0.629. The maximum atomic E-state index is 5.75. The summed E-state index contributed by atoms with van der Waals surface area (Å²) in [7, 11) is 1.69. The van der Waals surface area contributed by atoms with Gasteiger partial charge in [-0.05, 0) is 19.1 Å². The van der Waals surface area contributed by atoms with Crippen LogP contribution in [0.25, 0.3) is 0 Å². The van der Waals surface area contributed by atoms with E-state index >= 15 is 0 Å². The molecule has 27 heavy (non-hydrogen) atoms. The van der Waals surface area contributed by atoms with E-state index in [0.717, 1.165) is 49.2 Å². The molecule has 1 aromatic carbocycles. The van der Waals surface area contributed by atoms with Crippen LogP contribution in [0.4, 0.5) is 5.69 Å². The number of guanidine groups is 1. The van der Waals surface area contributed by atoms with E-state index in [-0.39, 0.29) is 0 Å². The molecule has 0 amide bonds. The maximum Gasteiger partial charge on any atom is 0.195 e. The molecule has 0 unspecified atom stereocenters. The highest BCUT2D eigenvalue weighted by Gasteiger charge is 2.03. The van der Waals surface area contributed by atoms with Gasteiger partial charge in [0.2, 0.25) is 0 Å². The zero-order valence-corrected chi connectivity index (χ0v) is 16.4. The molecule has 0 aliphatic rings. The molecule has 0 radical (unpaired) electrons. The first kappa shape index (κ1) is 20.7. The van der Waals surface area contributed by atoms with E-state index < -0.39 is 0 Å². The van der Waals surface area contributed by atoms with E-state index in [0.29, 0.717) is 19.8 Å². The Hall–Kier alpha value is -2.61. The fraction of sp³-hybridized carbons (Fsp3) is 0.526. The molecule has 2 N–H and O–H groups in total. The van der Waals surface area contributed by atoms with Crippen LogP contribution in [0.15, 0.2) is 35.6 Å². The van der Waals surface area contributed by atoms with Crippen molar-refractivity contribution in [3.8, 4) is 5.75 Å². The first-order chi connectivity index (χ1) is 13.3. The molecule has 148 valence electrons. The van der Waals surface area contributed by atoms with Crippen LogP contribution in [0, 0.1) is 0 Å². The molecule has 0 saturated carbocycles. The lowest BCUT2D eigenvalue weighted by Gasteiger charge is -2.13. The standard InChI is InChI=1S/C19H30N6O2/c1-4-18-24-22-15-25(18)11-10-21-19(20-5-2)23-16-8-6-9-17(14-16)27-13-7-12-26-3/h6,8-9,14-15H,4-5,7,10-13H2,1-3H3,(H2,20,21,23). The Morgan fingerprint density at radius 2 is 2.15 bits per heavy atom. The summed E-state index contributed by atoms with van der Waals surface area (Å²) in [4.78, 5) is 4.64. The molecule has 0 aliphatic carbocycles. The predicted octanol–water partition coefficient (Wildman–Crippen LogP) is 2.33. The molecule has 0 spiro atoms. The number of rotatable bonds is 11. The fourth-order valence-electron chi connectivity index (χ4n) is 2.51. The Kier molecular flexibility index (Phi) is 9.12. The lowest BCUT2D eigenvalue weighted by molar-refractivity contribution is 0.172. The molecular weight excluding hydrogens is 344 g/mol. The smallest absolute Gasteiger partial charge is 0.195 e. The topological polar surface area (TPSA) is 85.6 Å². The Bertz CT molecular complexity index is 701. The highest BCUT2D eigenvalue weighted by atomic mass is 16.5. The number of nitrogens with zero attached hydrogens (tertiary/aromatic N) is 4. The zero-order chi connectivity index (χ0) is 19.3. The van der Waals surface area contributed by atoms with Crippen molar-refractivity contribution >= 4 is 11.6 Å². The molecule has 0 aliphatic heterocycles. The van der Waals surface area contributed by atoms with E-state index in [9.17, 15) is 0 Å². The average Bonchev–Trinajstić information content (AvgIpc) is 3.13. The summed E-state index contributed by atoms with van der Waals surface area (Å²) in [5.74, 6) is 2.53. The first-order valence-electron chi connectivity index (χ1n) is 9.40. The molecule has 0 saturated heterocycles. The molecular formula is C19H30N6O2. The Morgan fingerprint density at radius 1 is 1.26 bits per heavy atom. The number of aromatic nitrogens is 3. The van der Waals surface area contributed by atoms with E-state index in [4.69, 9.17) is 9.47 Å². The van der Waals surface area contributed by atoms with Gasteiger partial charge in [-0.2, -0.15) is 0 Å². The molecule has 2 aromatic rings. The normalized spacial score (nSPS) is 11.4. The van der Waals surface area contributed by atoms with Gasteiger partial charge in [-0.25, -0.2) is 0 Å². The fourth-order valence-corrected chi connectivity index (χ4v) is 2.51. The summed E-state index contributed by atoms with van der Waals surface area (Å²) in [6.07, 6.45) is 3.47. The molecule has 1 heterocycles. The van der Waals surface area contributed by atoms with E-state index in [1.54, 1.807) is 13.4 Å². The summed E-state index contributed by atoms with van der Waals surface area (Å²) in [5, 5.41) is 14.6. The molecule has 8 nitrogen and oxygen atoms in total. The largest absolute Gasteiger partial charge is 0.493 e. The van der Waals surface area contributed by atoms with Crippen molar-refractivity contribution in [1.29, 1.82) is 0 Å². The van der Waals surface area contributed by atoms with E-state index in [1.165, 1.54) is 0 Å². The second kappa shape index (κ2) is 11.9. The quantitative estimate of drug-likeness (QED) is 0.357. The number of anilines is 1. The summed E-state index contributed by atoms with van der Waals surface area (Å²) in [5.41, 5.74) is 0.928. The lowest BCUT2D eigenvalue weighted by Crippen LogP contribution is -2.31. The van der Waals surface area contributed by atoms with Crippen molar-refractivity contribution in [2.75, 3.05) is 38.7 Å². The van der Waals surface area contributed by atoms with Crippen molar-refractivity contribution in [3.63, 3.8) is 0 Å². The Morgan fingerprint density at radius 3 is 2.93 bits per heavy atom. The van der Waals surface area contributed by atoms with Gasteiger partial charge < -0.3 is 24.7 Å². The minimum Gasteiger partial charge on any atom is -0.493 e. The van der Waals surface area contributed by atoms with Gasteiger partial charge >= 0.3 is 0 Å². The van der Waals surface area contributed by atoms with Gasteiger partial charge in [0.05, 0.1) is 13.2 Å². The average molecular weight is 374 g/mol. The van der Waals surface area contributed by atoms with Crippen LogP contribution in [0.5, 0.6) is 5.75 Å². The highest BCUT2D eigenvalue weighted by Crippen LogP contribution is 2.17. The third kappa shape index (κ3) is 7.26. The van der Waals surface area contributed by atoms with Gasteiger partial charge in [-0.3, -0.25) is 4.99 Å². The highest BCUT2D eigenvalue weighted by molar-refractivity contribution is 5.93. The van der Waals surface area contributed by atoms with Gasteiger partial charge in [-0.1, -0.05) is 13.0 Å². The van der Waals surface area contributed by atoms with E-state index in [2.05, 4.69) is 32.7 Å². The summed E-state index contributed by atoms with van der Waals surface area (Å²) < 4.78 is 12.8. The van der Waals surface area contributed by atoms with Crippen LogP contribution in [-0.2, 0) is 17.7 Å². The molecule has 8 heteroatoms. The number of hydrogen-bond acceptors (Lipinski definition) is 5. The van der Waals surface area contributed by atoms with Gasteiger partial charge in [0.1, 0.15) is 17.9 Å². The second-order valence-electron chi connectivity index (χ2n) is 5.90. The summed E-state index contributed by atoms with van der Waals surface area (Å²) >= 11 is 0. The first-order valence-corrected chi connectivity index (χ1v) is 9.40. The van der Waals surface area contributed by atoms with Crippen molar-refractivity contribution in [1.82, 2.24) is 20.1 Å². The number of hydrogen-bond donors (Lipinski definition) is 2. The van der Waals surface area contributed by atoms with Crippen molar-refractivity contribution in [3.05, 3.63) is 36.4 Å². The molecule has 0 bridgehead atoms. The Labute approximate surface area is 161 Å². The zero-order valence-electron chi connectivity index (χ0n) is 16.4. The van der Waals surface area contributed by atoms with Crippen molar-refractivity contribution in [2.45, 2.75) is 33.2 Å². The van der Waals surface area contributed by atoms with Crippen LogP contribution < -0.4 is 15.4 Å². The predicted molar refractivity (Wildman–Crippen MR) is 107 cm³/mol. The SMILES string of the molecule is CCNC(=NCCn1cnnc1CC)Nc1cccc(OCCCOC)c1. The van der Waals surface area contributed by atoms with Crippen LogP contribution in [0.2, 0.25) is 0 Å². The molecule has 0 atom stereocenters. The lowest BCUT2D eigenvalue weighted by atomic mass is 10.3. The number of methoxy groups -OCH3 is 1. The molecule has 0 fully saturated rings. The summed E-state index contributed by atoms with van der Waals surface area (Å²) in [6, 6.07) is 7.86. The number of benzene rings is 1. The third-order valence-electron chi connectivity index (χ3n) is 3.83. The van der Waals surface area contributed by atoms with Gasteiger partial charge in [0, 0.05) is 51.4 Å². The van der Waals surface area contributed by atoms with Gasteiger partial charge in [0.25, 0.3) is 0 Å². The number of aryl methyl sites for hydroxylation is 1. The number of aliphatic imine (C=N–C) groups is 1. The van der Waals surface area contributed by atoms with Crippen LogP contribution >= 0.6 is 0 Å². The maximum absolute atomic E-state index is 5.75. The number of ether oxygens (including phenoxy) is 2. The number of nitrogens with one attached hydrogen (secondary N) is 2. The third-order valence-corrected chi connectivity index (χ3v) is 3.83. The summed E-state index contributed by atoms with van der Waals surface area (Å²) in [6.45, 7) is 7.60. The molecule has 1 aromatic heterocycles. The van der Waals surface area contributed by atoms with Crippen LogP contribution in [0.1, 0.15) is 26.1 Å². The second-order valence-corrected chi connectivity index (χ2v) is 5.90. The van der Waals surface area contributed by atoms with Crippen molar-refractivity contribution < 1.29 is 9.47 Å².